The van der Waals surface area contributed by atoms with Crippen molar-refractivity contribution in [3.63, 3.8) is 0 Å². The van der Waals surface area contributed by atoms with Crippen molar-refractivity contribution in [2.24, 2.45) is 0 Å². The molecule has 26 heavy (non-hydrogen) atoms. The van der Waals surface area contributed by atoms with Crippen LogP contribution in [0.5, 0.6) is 5.75 Å². The van der Waals surface area contributed by atoms with Gasteiger partial charge in [0.2, 0.25) is 0 Å². The average Bonchev–Trinajstić information content (AvgIpc) is 2.88. The van der Waals surface area contributed by atoms with E-state index in [1.807, 2.05) is 48.5 Å². The molecule has 1 fully saturated rings. The molecule has 2 aliphatic heterocycles. The number of amides is 3. The van der Waals surface area contributed by atoms with Gasteiger partial charge in [-0.1, -0.05) is 29.8 Å². The summed E-state index contributed by atoms with van der Waals surface area (Å²) in [5, 5.41) is 3.60. The van der Waals surface area contributed by atoms with Crippen LogP contribution in [0, 0.1) is 0 Å². The molecule has 1 saturated heterocycles. The van der Waals surface area contributed by atoms with E-state index in [0.717, 1.165) is 10.5 Å². The van der Waals surface area contributed by atoms with Crippen LogP contribution < -0.4 is 10.1 Å². The molecule has 1 N–H and O–H groups in total. The summed E-state index contributed by atoms with van der Waals surface area (Å²) in [6.45, 7) is 0.749. The molecule has 3 amide bonds. The molecule has 2 aliphatic rings. The first-order valence-electron chi connectivity index (χ1n) is 8.35. The van der Waals surface area contributed by atoms with Crippen molar-refractivity contribution in [2.75, 3.05) is 18.9 Å². The molecule has 0 aliphatic carbocycles. The Balaban J connectivity index is 1.49. The molecule has 0 bridgehead atoms. The van der Waals surface area contributed by atoms with Gasteiger partial charge in [0.1, 0.15) is 5.75 Å². The number of hydrogen-bond acceptors (Lipinski definition) is 4. The third kappa shape index (κ3) is 2.93. The van der Waals surface area contributed by atoms with E-state index in [1.165, 1.54) is 4.90 Å². The predicted molar refractivity (Wildman–Crippen MR) is 101 cm³/mol. The Hall–Kier alpha value is -2.18. The van der Waals surface area contributed by atoms with Crippen LogP contribution >= 0.6 is 23.4 Å². The summed E-state index contributed by atoms with van der Waals surface area (Å²) >= 11 is 7.47. The molecular weight excluding hydrogens is 372 g/mol. The monoisotopic (exact) mass is 388 g/mol. The lowest BCUT2D eigenvalue weighted by atomic mass is 9.84. The number of halogens is 1. The average molecular weight is 389 g/mol. The standard InChI is InChI=1S/C19H17ClN2O3S/c20-13-5-7-14(8-6-13)26-12-10-22-17(23)19(21-18(22)24)9-11-25-16-4-2-1-3-15(16)19/h1-8H,9-12H2,(H,21,24). The molecule has 2 aromatic carbocycles. The number of carbonyl (C=O) groups is 2. The molecule has 0 saturated carbocycles. The number of hydrogen-bond donors (Lipinski definition) is 1. The van der Waals surface area contributed by atoms with Crippen LogP contribution in [0.3, 0.4) is 0 Å². The zero-order valence-corrected chi connectivity index (χ0v) is 15.5. The zero-order valence-electron chi connectivity index (χ0n) is 13.9. The first kappa shape index (κ1) is 17.2. The lowest BCUT2D eigenvalue weighted by Crippen LogP contribution is -2.47. The number of rotatable bonds is 4. The Kier molecular flexibility index (Phi) is 4.54. The van der Waals surface area contributed by atoms with Crippen molar-refractivity contribution in [1.29, 1.82) is 0 Å². The Bertz CT molecular complexity index is 858. The number of thioether (sulfide) groups is 1. The summed E-state index contributed by atoms with van der Waals surface area (Å²) in [7, 11) is 0. The number of nitrogens with zero attached hydrogens (tertiary/aromatic N) is 1. The summed E-state index contributed by atoms with van der Waals surface area (Å²) < 4.78 is 5.64. The molecule has 0 radical (unpaired) electrons. The zero-order chi connectivity index (χ0) is 18.1. The lowest BCUT2D eigenvalue weighted by Gasteiger charge is -2.33. The number of urea groups is 1. The van der Waals surface area contributed by atoms with Crippen molar-refractivity contribution in [2.45, 2.75) is 16.9 Å². The lowest BCUT2D eigenvalue weighted by molar-refractivity contribution is -0.132. The minimum atomic E-state index is -1.00. The number of para-hydroxylation sites is 1. The van der Waals surface area contributed by atoms with Gasteiger partial charge in [-0.3, -0.25) is 9.69 Å². The predicted octanol–water partition coefficient (Wildman–Crippen LogP) is 3.66. The van der Waals surface area contributed by atoms with Gasteiger partial charge in [-0.25, -0.2) is 4.79 Å². The van der Waals surface area contributed by atoms with Crippen LogP contribution in [0.1, 0.15) is 12.0 Å². The Morgan fingerprint density at radius 3 is 2.73 bits per heavy atom. The number of carbonyl (C=O) groups excluding carboxylic acids is 2. The third-order valence-corrected chi connectivity index (χ3v) is 5.90. The fourth-order valence-electron chi connectivity index (χ4n) is 3.36. The molecule has 4 rings (SSSR count). The van der Waals surface area contributed by atoms with Gasteiger partial charge in [0.25, 0.3) is 5.91 Å². The number of benzene rings is 2. The Morgan fingerprint density at radius 1 is 1.15 bits per heavy atom. The van der Waals surface area contributed by atoms with E-state index in [2.05, 4.69) is 5.32 Å². The number of ether oxygens (including phenoxy) is 1. The van der Waals surface area contributed by atoms with Crippen molar-refractivity contribution < 1.29 is 14.3 Å². The highest BCUT2D eigenvalue weighted by atomic mass is 35.5. The van der Waals surface area contributed by atoms with E-state index in [-0.39, 0.29) is 11.9 Å². The second kappa shape index (κ2) is 6.85. The highest BCUT2D eigenvalue weighted by Gasteiger charge is 2.54. The minimum absolute atomic E-state index is 0.199. The van der Waals surface area contributed by atoms with Crippen molar-refractivity contribution >= 4 is 35.3 Å². The van der Waals surface area contributed by atoms with Gasteiger partial charge in [0.05, 0.1) is 6.61 Å². The molecule has 2 heterocycles. The van der Waals surface area contributed by atoms with Crippen molar-refractivity contribution in [3.8, 4) is 5.75 Å². The highest BCUT2D eigenvalue weighted by molar-refractivity contribution is 7.99. The van der Waals surface area contributed by atoms with Crippen LogP contribution in [0.25, 0.3) is 0 Å². The van der Waals surface area contributed by atoms with Gasteiger partial charge in [-0.05, 0) is 30.3 Å². The quantitative estimate of drug-likeness (QED) is 0.641. The smallest absolute Gasteiger partial charge is 0.325 e. The number of imide groups is 1. The highest BCUT2D eigenvalue weighted by Crippen LogP contribution is 2.41. The molecular formula is C19H17ClN2O3S. The molecule has 1 unspecified atom stereocenters. The number of nitrogens with one attached hydrogen (secondary N) is 1. The molecule has 1 spiro atoms. The molecule has 7 heteroatoms. The van der Waals surface area contributed by atoms with Crippen LogP contribution in [-0.4, -0.2) is 35.7 Å². The van der Waals surface area contributed by atoms with E-state index < -0.39 is 5.54 Å². The fraction of sp³-hybridized carbons (Fsp3) is 0.263. The van der Waals surface area contributed by atoms with E-state index in [0.29, 0.717) is 36.1 Å². The fourth-order valence-corrected chi connectivity index (χ4v) is 4.32. The van der Waals surface area contributed by atoms with Crippen molar-refractivity contribution in [1.82, 2.24) is 10.2 Å². The van der Waals surface area contributed by atoms with Gasteiger partial charge in [0, 0.05) is 34.2 Å². The Morgan fingerprint density at radius 2 is 1.92 bits per heavy atom. The van der Waals surface area contributed by atoms with Gasteiger partial charge in [-0.15, -0.1) is 11.8 Å². The maximum absolute atomic E-state index is 13.1. The van der Waals surface area contributed by atoms with E-state index in [4.69, 9.17) is 16.3 Å². The summed E-state index contributed by atoms with van der Waals surface area (Å²) in [6.07, 6.45) is 0.440. The maximum atomic E-state index is 13.1. The first-order valence-corrected chi connectivity index (χ1v) is 9.71. The van der Waals surface area contributed by atoms with Gasteiger partial charge in [-0.2, -0.15) is 0 Å². The summed E-state index contributed by atoms with van der Waals surface area (Å²) in [5.41, 5.74) is -0.269. The van der Waals surface area contributed by atoms with Crippen LogP contribution in [0.15, 0.2) is 53.4 Å². The number of fused-ring (bicyclic) bond motifs is 2. The first-order chi connectivity index (χ1) is 12.6. The molecule has 1 atom stereocenters. The van der Waals surface area contributed by atoms with Gasteiger partial charge < -0.3 is 10.1 Å². The van der Waals surface area contributed by atoms with Gasteiger partial charge >= 0.3 is 6.03 Å². The molecule has 134 valence electrons. The van der Waals surface area contributed by atoms with Gasteiger partial charge in [0.15, 0.2) is 5.54 Å². The molecule has 0 aromatic heterocycles. The van der Waals surface area contributed by atoms with Crippen LogP contribution in [-0.2, 0) is 10.3 Å². The summed E-state index contributed by atoms with van der Waals surface area (Å²) in [6, 6.07) is 14.5. The topological polar surface area (TPSA) is 58.6 Å². The van der Waals surface area contributed by atoms with E-state index in [1.54, 1.807) is 11.8 Å². The van der Waals surface area contributed by atoms with E-state index in [9.17, 15) is 9.59 Å². The summed E-state index contributed by atoms with van der Waals surface area (Å²) in [5.74, 6) is 1.08. The molecule has 5 nitrogen and oxygen atoms in total. The molecule has 2 aromatic rings. The van der Waals surface area contributed by atoms with Crippen LogP contribution in [0.2, 0.25) is 5.02 Å². The second-order valence-corrected chi connectivity index (χ2v) is 7.79. The summed E-state index contributed by atoms with van der Waals surface area (Å²) in [4.78, 5) is 27.9. The van der Waals surface area contributed by atoms with Crippen molar-refractivity contribution in [3.05, 3.63) is 59.1 Å². The van der Waals surface area contributed by atoms with Crippen LogP contribution in [0.4, 0.5) is 4.79 Å². The Labute approximate surface area is 160 Å². The minimum Gasteiger partial charge on any atom is -0.493 e. The third-order valence-electron chi connectivity index (χ3n) is 4.65. The van der Waals surface area contributed by atoms with E-state index >= 15 is 0 Å². The SMILES string of the molecule is O=C1NC2(CCOc3ccccc32)C(=O)N1CCSc1ccc(Cl)cc1. The maximum Gasteiger partial charge on any atom is 0.325 e. The normalized spacial score (nSPS) is 21.5. The second-order valence-electron chi connectivity index (χ2n) is 6.19. The largest absolute Gasteiger partial charge is 0.493 e.